The molecule has 2 aliphatic heterocycles. The number of fused-ring (bicyclic) bond motifs is 3. The standard InChI is InChI=1S/C32H45N3O6/c1-31(2,3)40-29(36)33-14-16-39-28-17-22-13-15-35-20-24(21-11-9-8-10-12-21)25(34-30(37)41-32(4,5)6)19-26(35)23(22)18-27(28)38-7/h8-12,17-18,24-26H,13-16,19-20H2,1-7H3,(H,33,36)(H,34,37). The zero-order valence-electron chi connectivity index (χ0n) is 25.4. The zero-order chi connectivity index (χ0) is 29.8. The number of rotatable bonds is 7. The molecule has 0 aliphatic carbocycles. The van der Waals surface area contributed by atoms with E-state index in [2.05, 4.69) is 39.8 Å². The van der Waals surface area contributed by atoms with Crippen molar-refractivity contribution in [1.29, 1.82) is 0 Å². The molecule has 3 unspecified atom stereocenters. The van der Waals surface area contributed by atoms with Gasteiger partial charge in [-0.3, -0.25) is 4.90 Å². The molecule has 1 saturated heterocycles. The van der Waals surface area contributed by atoms with E-state index in [0.29, 0.717) is 18.0 Å². The number of benzene rings is 2. The zero-order valence-corrected chi connectivity index (χ0v) is 25.4. The van der Waals surface area contributed by atoms with Crippen LogP contribution in [0.25, 0.3) is 0 Å². The summed E-state index contributed by atoms with van der Waals surface area (Å²) >= 11 is 0. The fourth-order valence-electron chi connectivity index (χ4n) is 5.60. The fraction of sp³-hybridized carbons (Fsp3) is 0.562. The Kier molecular flexibility index (Phi) is 9.37. The SMILES string of the molecule is COc1cc2c(cc1OCCNC(=O)OC(C)(C)C)CCN1CC(c3ccccc3)C(NC(=O)OC(C)(C)C)CC21. The molecule has 4 rings (SSSR count). The minimum atomic E-state index is -0.573. The first-order valence-electron chi connectivity index (χ1n) is 14.4. The molecule has 0 bridgehead atoms. The number of ether oxygens (including phenoxy) is 4. The van der Waals surface area contributed by atoms with E-state index in [1.165, 1.54) is 16.7 Å². The van der Waals surface area contributed by atoms with Gasteiger partial charge in [-0.2, -0.15) is 0 Å². The van der Waals surface area contributed by atoms with Crippen LogP contribution in [-0.2, 0) is 15.9 Å². The van der Waals surface area contributed by atoms with Crippen LogP contribution in [0.4, 0.5) is 9.59 Å². The van der Waals surface area contributed by atoms with Gasteiger partial charge < -0.3 is 29.6 Å². The van der Waals surface area contributed by atoms with E-state index in [1.54, 1.807) is 7.11 Å². The van der Waals surface area contributed by atoms with Gasteiger partial charge in [-0.25, -0.2) is 9.59 Å². The normalized spacial score (nSPS) is 20.7. The Hall–Kier alpha value is -3.46. The summed E-state index contributed by atoms with van der Waals surface area (Å²) in [6, 6.07) is 14.5. The third kappa shape index (κ3) is 8.28. The molecule has 0 aromatic heterocycles. The highest BCUT2D eigenvalue weighted by molar-refractivity contribution is 5.68. The van der Waals surface area contributed by atoms with Crippen LogP contribution in [0.5, 0.6) is 11.5 Å². The van der Waals surface area contributed by atoms with Crippen LogP contribution in [0.1, 0.15) is 76.6 Å². The van der Waals surface area contributed by atoms with Gasteiger partial charge in [0.2, 0.25) is 0 Å². The molecule has 9 nitrogen and oxygen atoms in total. The molecule has 2 aromatic rings. The van der Waals surface area contributed by atoms with Gasteiger partial charge >= 0.3 is 12.2 Å². The number of nitrogens with one attached hydrogen (secondary N) is 2. The number of carbonyl (C=O) groups excluding carboxylic acids is 2. The Morgan fingerprint density at radius 3 is 2.29 bits per heavy atom. The number of hydrogen-bond donors (Lipinski definition) is 2. The molecule has 41 heavy (non-hydrogen) atoms. The first kappa shape index (κ1) is 30.5. The van der Waals surface area contributed by atoms with Crippen molar-refractivity contribution in [2.24, 2.45) is 0 Å². The average molecular weight is 568 g/mol. The lowest BCUT2D eigenvalue weighted by atomic mass is 9.78. The quantitative estimate of drug-likeness (QED) is 0.422. The van der Waals surface area contributed by atoms with Gasteiger partial charge in [0.15, 0.2) is 11.5 Å². The second-order valence-electron chi connectivity index (χ2n) is 12.7. The Morgan fingerprint density at radius 1 is 0.951 bits per heavy atom. The highest BCUT2D eigenvalue weighted by Crippen LogP contribution is 2.44. The van der Waals surface area contributed by atoms with Crippen LogP contribution in [0, 0.1) is 0 Å². The second-order valence-corrected chi connectivity index (χ2v) is 12.7. The molecule has 3 atom stereocenters. The fourth-order valence-corrected chi connectivity index (χ4v) is 5.60. The lowest BCUT2D eigenvalue weighted by Gasteiger charge is -2.47. The smallest absolute Gasteiger partial charge is 0.407 e. The van der Waals surface area contributed by atoms with Gasteiger partial charge in [0.1, 0.15) is 17.8 Å². The van der Waals surface area contributed by atoms with Crippen LogP contribution in [0.3, 0.4) is 0 Å². The van der Waals surface area contributed by atoms with Crippen molar-refractivity contribution < 1.29 is 28.5 Å². The number of alkyl carbamates (subject to hydrolysis) is 2. The predicted molar refractivity (Wildman–Crippen MR) is 158 cm³/mol. The molecule has 0 radical (unpaired) electrons. The molecule has 2 aliphatic rings. The Bertz CT molecular complexity index is 1200. The molecule has 9 heteroatoms. The first-order valence-corrected chi connectivity index (χ1v) is 14.4. The van der Waals surface area contributed by atoms with E-state index < -0.39 is 23.4 Å². The number of nitrogens with zero attached hydrogens (tertiary/aromatic N) is 1. The molecule has 1 fully saturated rings. The van der Waals surface area contributed by atoms with Crippen molar-refractivity contribution in [2.75, 3.05) is 33.4 Å². The summed E-state index contributed by atoms with van der Waals surface area (Å²) in [6.45, 7) is 13.4. The average Bonchev–Trinajstić information content (AvgIpc) is 2.88. The van der Waals surface area contributed by atoms with E-state index in [9.17, 15) is 9.59 Å². The molecule has 2 amide bonds. The van der Waals surface area contributed by atoms with Crippen molar-refractivity contribution >= 4 is 12.2 Å². The molecule has 0 spiro atoms. The van der Waals surface area contributed by atoms with Crippen molar-refractivity contribution in [2.45, 2.75) is 83.6 Å². The van der Waals surface area contributed by atoms with Gasteiger partial charge in [-0.05, 0) is 83.2 Å². The molecular formula is C32H45N3O6. The van der Waals surface area contributed by atoms with E-state index in [-0.39, 0.29) is 24.6 Å². The number of carbonyl (C=O) groups is 2. The maximum atomic E-state index is 12.9. The van der Waals surface area contributed by atoms with Crippen molar-refractivity contribution in [3.05, 3.63) is 59.2 Å². The number of piperidine rings is 1. The molecule has 0 saturated carbocycles. The Labute approximate surface area is 243 Å². The van der Waals surface area contributed by atoms with Crippen molar-refractivity contribution in [3.63, 3.8) is 0 Å². The summed E-state index contributed by atoms with van der Waals surface area (Å²) < 4.78 is 22.7. The van der Waals surface area contributed by atoms with Crippen LogP contribution < -0.4 is 20.1 Å². The second kappa shape index (κ2) is 12.6. The largest absolute Gasteiger partial charge is 0.493 e. The minimum Gasteiger partial charge on any atom is -0.493 e. The monoisotopic (exact) mass is 567 g/mol. The van der Waals surface area contributed by atoms with Crippen LogP contribution in [-0.4, -0.2) is 67.7 Å². The third-order valence-electron chi connectivity index (χ3n) is 7.25. The molecule has 224 valence electrons. The lowest BCUT2D eigenvalue weighted by Crippen LogP contribution is -2.53. The summed E-state index contributed by atoms with van der Waals surface area (Å²) in [4.78, 5) is 27.3. The maximum absolute atomic E-state index is 12.9. The molecule has 2 N–H and O–H groups in total. The summed E-state index contributed by atoms with van der Waals surface area (Å²) in [5, 5.41) is 5.92. The van der Waals surface area contributed by atoms with Crippen LogP contribution in [0.2, 0.25) is 0 Å². The third-order valence-corrected chi connectivity index (χ3v) is 7.25. The van der Waals surface area contributed by atoms with E-state index >= 15 is 0 Å². The first-order chi connectivity index (χ1) is 19.3. The van der Waals surface area contributed by atoms with Crippen LogP contribution in [0.15, 0.2) is 42.5 Å². The van der Waals surface area contributed by atoms with Crippen LogP contribution >= 0.6 is 0 Å². The molecule has 2 aromatic carbocycles. The summed E-state index contributed by atoms with van der Waals surface area (Å²) in [5.74, 6) is 1.43. The van der Waals surface area contributed by atoms with Crippen molar-refractivity contribution in [1.82, 2.24) is 15.5 Å². The summed E-state index contributed by atoms with van der Waals surface area (Å²) in [5.41, 5.74) is 2.48. The number of amides is 2. The Morgan fingerprint density at radius 2 is 1.63 bits per heavy atom. The Balaban J connectivity index is 1.50. The van der Waals surface area contributed by atoms with Gasteiger partial charge in [-0.15, -0.1) is 0 Å². The van der Waals surface area contributed by atoms with Gasteiger partial charge in [0, 0.05) is 31.1 Å². The van der Waals surface area contributed by atoms with Gasteiger partial charge in [0.05, 0.1) is 13.7 Å². The highest BCUT2D eigenvalue weighted by Gasteiger charge is 2.41. The topological polar surface area (TPSA) is 98.4 Å². The summed E-state index contributed by atoms with van der Waals surface area (Å²) in [7, 11) is 1.63. The molecule has 2 heterocycles. The van der Waals surface area contributed by atoms with Gasteiger partial charge in [-0.1, -0.05) is 30.3 Å². The van der Waals surface area contributed by atoms with E-state index in [1.807, 2.05) is 59.7 Å². The number of methoxy groups -OCH3 is 1. The van der Waals surface area contributed by atoms with E-state index in [4.69, 9.17) is 18.9 Å². The predicted octanol–water partition coefficient (Wildman–Crippen LogP) is 5.58. The highest BCUT2D eigenvalue weighted by atomic mass is 16.6. The maximum Gasteiger partial charge on any atom is 0.407 e. The van der Waals surface area contributed by atoms with Crippen molar-refractivity contribution in [3.8, 4) is 11.5 Å². The van der Waals surface area contributed by atoms with E-state index in [0.717, 1.165) is 25.9 Å². The van der Waals surface area contributed by atoms with Gasteiger partial charge in [0.25, 0.3) is 0 Å². The lowest BCUT2D eigenvalue weighted by molar-refractivity contribution is 0.0411. The summed E-state index contributed by atoms with van der Waals surface area (Å²) in [6.07, 6.45) is 0.761. The number of hydrogen-bond acceptors (Lipinski definition) is 7. The minimum absolute atomic E-state index is 0.0969. The molecular weight excluding hydrogens is 522 g/mol.